The molecule has 3 N–H and O–H groups in total. The standard InChI is InChI=1S/C20H20N2O3/c1-2-5-16(13-8-10-14(11-9-13)19(21)23)22-20(24)18-12-15-6-3-4-7-17(15)25-18/h3-4,6-12,16H,2,5H2,1H3,(H2,21,23)(H,22,24)/t16-/m1/s1. The summed E-state index contributed by atoms with van der Waals surface area (Å²) in [6, 6.07) is 16.1. The van der Waals surface area contributed by atoms with E-state index in [4.69, 9.17) is 10.2 Å². The molecule has 0 saturated carbocycles. The monoisotopic (exact) mass is 336 g/mol. The number of amides is 2. The van der Waals surface area contributed by atoms with Crippen LogP contribution < -0.4 is 11.1 Å². The van der Waals surface area contributed by atoms with Gasteiger partial charge in [0.25, 0.3) is 5.91 Å². The molecule has 3 rings (SSSR count). The summed E-state index contributed by atoms with van der Waals surface area (Å²) in [7, 11) is 0. The first-order chi connectivity index (χ1) is 12.1. The molecule has 2 aromatic carbocycles. The average Bonchev–Trinajstić information content (AvgIpc) is 3.05. The number of furan rings is 1. The van der Waals surface area contributed by atoms with Crippen LogP contribution in [0.5, 0.6) is 0 Å². The fourth-order valence-corrected chi connectivity index (χ4v) is 2.81. The SMILES string of the molecule is CCC[C@@H](NC(=O)c1cc2ccccc2o1)c1ccc(C(N)=O)cc1. The predicted octanol–water partition coefficient (Wildman–Crippen LogP) is 3.80. The normalized spacial score (nSPS) is 12.0. The Morgan fingerprint density at radius 1 is 1.12 bits per heavy atom. The summed E-state index contributed by atoms with van der Waals surface area (Å²) in [5, 5.41) is 3.91. The first-order valence-electron chi connectivity index (χ1n) is 8.27. The van der Waals surface area contributed by atoms with Crippen molar-refractivity contribution < 1.29 is 14.0 Å². The largest absolute Gasteiger partial charge is 0.451 e. The molecular weight excluding hydrogens is 316 g/mol. The van der Waals surface area contributed by atoms with Crippen molar-refractivity contribution in [2.45, 2.75) is 25.8 Å². The maximum atomic E-state index is 12.6. The smallest absolute Gasteiger partial charge is 0.287 e. The van der Waals surface area contributed by atoms with Crippen LogP contribution in [0.1, 0.15) is 52.3 Å². The Morgan fingerprint density at radius 3 is 2.48 bits per heavy atom. The van der Waals surface area contributed by atoms with Crippen LogP contribution in [0, 0.1) is 0 Å². The molecule has 5 nitrogen and oxygen atoms in total. The minimum absolute atomic E-state index is 0.160. The molecule has 1 heterocycles. The van der Waals surface area contributed by atoms with Crippen LogP contribution >= 0.6 is 0 Å². The highest BCUT2D eigenvalue weighted by Crippen LogP contribution is 2.22. The zero-order valence-corrected chi connectivity index (χ0v) is 14.0. The summed E-state index contributed by atoms with van der Waals surface area (Å²) >= 11 is 0. The number of hydrogen-bond acceptors (Lipinski definition) is 3. The van der Waals surface area contributed by atoms with Gasteiger partial charge in [-0.25, -0.2) is 0 Å². The number of carbonyl (C=O) groups excluding carboxylic acids is 2. The van der Waals surface area contributed by atoms with E-state index in [1.807, 2.05) is 36.4 Å². The molecule has 0 unspecified atom stereocenters. The lowest BCUT2D eigenvalue weighted by atomic mass is 10.0. The van der Waals surface area contributed by atoms with Gasteiger partial charge in [0.2, 0.25) is 5.91 Å². The zero-order valence-electron chi connectivity index (χ0n) is 14.0. The summed E-state index contributed by atoms with van der Waals surface area (Å²) in [5.74, 6) is -0.436. The third-order valence-corrected chi connectivity index (χ3v) is 4.13. The van der Waals surface area contributed by atoms with Gasteiger partial charge >= 0.3 is 0 Å². The summed E-state index contributed by atoms with van der Waals surface area (Å²) in [4.78, 5) is 23.8. The third kappa shape index (κ3) is 3.71. The van der Waals surface area contributed by atoms with Gasteiger partial charge in [-0.05, 0) is 36.2 Å². The molecule has 1 aromatic heterocycles. The Labute approximate surface area is 145 Å². The number of para-hydroxylation sites is 1. The van der Waals surface area contributed by atoms with Crippen molar-refractivity contribution >= 4 is 22.8 Å². The fourth-order valence-electron chi connectivity index (χ4n) is 2.81. The number of hydrogen-bond donors (Lipinski definition) is 2. The fraction of sp³-hybridized carbons (Fsp3) is 0.200. The van der Waals surface area contributed by atoms with Gasteiger partial charge in [-0.3, -0.25) is 9.59 Å². The number of rotatable bonds is 6. The Hall–Kier alpha value is -3.08. The molecule has 2 amide bonds. The van der Waals surface area contributed by atoms with Crippen molar-refractivity contribution in [2.75, 3.05) is 0 Å². The quantitative estimate of drug-likeness (QED) is 0.718. The lowest BCUT2D eigenvalue weighted by Crippen LogP contribution is -2.28. The van der Waals surface area contributed by atoms with Crippen molar-refractivity contribution in [3.8, 4) is 0 Å². The predicted molar refractivity (Wildman–Crippen MR) is 96.3 cm³/mol. The van der Waals surface area contributed by atoms with Gasteiger partial charge in [-0.1, -0.05) is 43.7 Å². The molecule has 0 aliphatic heterocycles. The molecule has 25 heavy (non-hydrogen) atoms. The maximum absolute atomic E-state index is 12.6. The Morgan fingerprint density at radius 2 is 1.84 bits per heavy atom. The summed E-state index contributed by atoms with van der Waals surface area (Å²) in [5.41, 5.74) is 7.33. The van der Waals surface area contributed by atoms with Crippen LogP contribution in [0.4, 0.5) is 0 Å². The third-order valence-electron chi connectivity index (χ3n) is 4.13. The average molecular weight is 336 g/mol. The molecule has 0 radical (unpaired) electrons. The van der Waals surface area contributed by atoms with E-state index in [-0.39, 0.29) is 17.7 Å². The first kappa shape index (κ1) is 16.8. The van der Waals surface area contributed by atoms with E-state index in [1.165, 1.54) is 0 Å². The lowest BCUT2D eigenvalue weighted by molar-refractivity contribution is 0.0907. The molecule has 0 aliphatic carbocycles. The molecule has 5 heteroatoms. The van der Waals surface area contributed by atoms with E-state index in [9.17, 15) is 9.59 Å². The highest BCUT2D eigenvalue weighted by atomic mass is 16.3. The van der Waals surface area contributed by atoms with E-state index in [0.717, 1.165) is 23.8 Å². The van der Waals surface area contributed by atoms with E-state index >= 15 is 0 Å². The van der Waals surface area contributed by atoms with E-state index in [1.54, 1.807) is 18.2 Å². The number of carbonyl (C=O) groups is 2. The van der Waals surface area contributed by atoms with Crippen LogP contribution in [0.25, 0.3) is 11.0 Å². The van der Waals surface area contributed by atoms with E-state index in [0.29, 0.717) is 11.1 Å². The molecule has 3 aromatic rings. The van der Waals surface area contributed by atoms with Gasteiger partial charge in [-0.15, -0.1) is 0 Å². The Bertz CT molecular complexity index is 864. The van der Waals surface area contributed by atoms with Gasteiger partial charge in [0.1, 0.15) is 5.58 Å². The molecule has 0 bridgehead atoms. The molecule has 1 atom stereocenters. The van der Waals surface area contributed by atoms with Crippen molar-refractivity contribution in [1.29, 1.82) is 0 Å². The highest BCUT2D eigenvalue weighted by molar-refractivity contribution is 5.96. The number of fused-ring (bicyclic) bond motifs is 1. The van der Waals surface area contributed by atoms with Crippen molar-refractivity contribution in [2.24, 2.45) is 5.73 Å². The van der Waals surface area contributed by atoms with Crippen molar-refractivity contribution in [1.82, 2.24) is 5.32 Å². The van der Waals surface area contributed by atoms with Gasteiger partial charge in [0, 0.05) is 10.9 Å². The van der Waals surface area contributed by atoms with Crippen LogP contribution in [0.2, 0.25) is 0 Å². The van der Waals surface area contributed by atoms with Crippen LogP contribution in [-0.4, -0.2) is 11.8 Å². The van der Waals surface area contributed by atoms with Gasteiger partial charge in [0.05, 0.1) is 6.04 Å². The number of primary amides is 1. The second-order valence-corrected chi connectivity index (χ2v) is 5.95. The first-order valence-corrected chi connectivity index (χ1v) is 8.27. The topological polar surface area (TPSA) is 85.3 Å². The Balaban J connectivity index is 1.80. The second kappa shape index (κ2) is 7.21. The minimum Gasteiger partial charge on any atom is -0.451 e. The van der Waals surface area contributed by atoms with E-state index in [2.05, 4.69) is 12.2 Å². The maximum Gasteiger partial charge on any atom is 0.287 e. The molecule has 0 aliphatic rings. The second-order valence-electron chi connectivity index (χ2n) is 5.95. The van der Waals surface area contributed by atoms with Crippen LogP contribution in [-0.2, 0) is 0 Å². The molecule has 0 spiro atoms. The minimum atomic E-state index is -0.468. The summed E-state index contributed by atoms with van der Waals surface area (Å²) in [6.45, 7) is 2.05. The van der Waals surface area contributed by atoms with Gasteiger partial charge < -0.3 is 15.5 Å². The van der Waals surface area contributed by atoms with Crippen LogP contribution in [0.3, 0.4) is 0 Å². The van der Waals surface area contributed by atoms with Gasteiger partial charge in [-0.2, -0.15) is 0 Å². The summed E-state index contributed by atoms with van der Waals surface area (Å²) < 4.78 is 5.62. The lowest BCUT2D eigenvalue weighted by Gasteiger charge is -2.18. The van der Waals surface area contributed by atoms with Gasteiger partial charge in [0.15, 0.2) is 5.76 Å². The zero-order chi connectivity index (χ0) is 17.8. The molecule has 0 saturated heterocycles. The number of nitrogens with two attached hydrogens (primary N) is 1. The molecule has 0 fully saturated rings. The molecule has 128 valence electrons. The molecular formula is C20H20N2O3. The summed E-state index contributed by atoms with van der Waals surface area (Å²) in [6.07, 6.45) is 1.69. The van der Waals surface area contributed by atoms with Crippen molar-refractivity contribution in [3.63, 3.8) is 0 Å². The number of nitrogens with one attached hydrogen (secondary N) is 1. The van der Waals surface area contributed by atoms with E-state index < -0.39 is 5.91 Å². The number of benzene rings is 2. The highest BCUT2D eigenvalue weighted by Gasteiger charge is 2.18. The Kier molecular flexibility index (Phi) is 4.84. The van der Waals surface area contributed by atoms with Crippen molar-refractivity contribution in [3.05, 3.63) is 71.5 Å². The van der Waals surface area contributed by atoms with Crippen LogP contribution in [0.15, 0.2) is 59.0 Å².